The minimum absolute atomic E-state index is 0. The Kier molecular flexibility index (Phi) is 7.48. The molecule has 1 saturated heterocycles. The van der Waals surface area contributed by atoms with Crippen molar-refractivity contribution in [1.82, 2.24) is 10.2 Å². The van der Waals surface area contributed by atoms with E-state index in [0.29, 0.717) is 36.3 Å². The molecule has 1 heterocycles. The van der Waals surface area contributed by atoms with Crippen LogP contribution in [0.4, 0.5) is 0 Å². The molecule has 5 nitrogen and oxygen atoms in total. The maximum absolute atomic E-state index is 12.6. The second-order valence-corrected chi connectivity index (χ2v) is 5.13. The van der Waals surface area contributed by atoms with Crippen molar-refractivity contribution in [2.45, 2.75) is 26.8 Å². The predicted octanol–water partition coefficient (Wildman–Crippen LogP) is 2.34. The van der Waals surface area contributed by atoms with E-state index in [1.807, 2.05) is 30.9 Å². The van der Waals surface area contributed by atoms with Gasteiger partial charge in [0, 0.05) is 31.2 Å². The third kappa shape index (κ3) is 4.52. The number of rotatable bonds is 5. The lowest BCUT2D eigenvalue weighted by Crippen LogP contribution is -2.51. The van der Waals surface area contributed by atoms with Gasteiger partial charge >= 0.3 is 0 Å². The highest BCUT2D eigenvalue weighted by molar-refractivity contribution is 5.95. The first-order chi connectivity index (χ1) is 10.2. The summed E-state index contributed by atoms with van der Waals surface area (Å²) in [6.45, 7) is 9.35. The van der Waals surface area contributed by atoms with Gasteiger partial charge in [-0.05, 0) is 39.0 Å². The Morgan fingerprint density at radius 1 is 1.27 bits per heavy atom. The van der Waals surface area contributed by atoms with Crippen LogP contribution in [-0.2, 0) is 0 Å². The van der Waals surface area contributed by atoms with Gasteiger partial charge in [-0.15, -0.1) is 12.4 Å². The summed E-state index contributed by atoms with van der Waals surface area (Å²) in [7, 11) is 0. The number of benzene rings is 1. The summed E-state index contributed by atoms with van der Waals surface area (Å²) in [5, 5.41) is 3.34. The molecule has 1 amide bonds. The second-order valence-electron chi connectivity index (χ2n) is 5.13. The molecule has 1 aliphatic heterocycles. The van der Waals surface area contributed by atoms with Crippen LogP contribution in [0.2, 0.25) is 0 Å². The number of hydrogen-bond donors (Lipinski definition) is 1. The highest BCUT2D eigenvalue weighted by Crippen LogP contribution is 2.29. The number of piperazine rings is 1. The molecule has 0 unspecified atom stereocenters. The molecule has 124 valence electrons. The maximum Gasteiger partial charge on any atom is 0.254 e. The first kappa shape index (κ1) is 18.6. The minimum Gasteiger partial charge on any atom is -0.490 e. The van der Waals surface area contributed by atoms with Gasteiger partial charge in [0.25, 0.3) is 5.91 Å². The molecule has 1 atom stereocenters. The quantitative estimate of drug-likeness (QED) is 0.901. The van der Waals surface area contributed by atoms with Gasteiger partial charge in [0.2, 0.25) is 0 Å². The summed E-state index contributed by atoms with van der Waals surface area (Å²) < 4.78 is 11.1. The molecule has 0 saturated carbocycles. The maximum atomic E-state index is 12.6. The molecule has 0 aliphatic carbocycles. The standard InChI is InChI=1S/C16H24N2O3.ClH/c1-4-20-14-7-6-13(10-15(14)21-5-2)16(19)18-9-8-17-12(3)11-18;/h6-7,10,12,17H,4-5,8-9,11H2,1-3H3;1H/t12-;/m0./s1. The molecule has 2 rings (SSSR count). The highest BCUT2D eigenvalue weighted by atomic mass is 35.5. The average Bonchev–Trinajstić information content (AvgIpc) is 2.49. The van der Waals surface area contributed by atoms with Crippen molar-refractivity contribution in [1.29, 1.82) is 0 Å². The largest absolute Gasteiger partial charge is 0.490 e. The van der Waals surface area contributed by atoms with E-state index in [2.05, 4.69) is 12.2 Å². The number of hydrogen-bond acceptors (Lipinski definition) is 4. The summed E-state index contributed by atoms with van der Waals surface area (Å²) in [5.74, 6) is 1.37. The monoisotopic (exact) mass is 328 g/mol. The summed E-state index contributed by atoms with van der Waals surface area (Å²) in [6, 6.07) is 5.73. The van der Waals surface area contributed by atoms with Crippen molar-refractivity contribution in [3.63, 3.8) is 0 Å². The van der Waals surface area contributed by atoms with E-state index in [1.165, 1.54) is 0 Å². The van der Waals surface area contributed by atoms with Gasteiger partial charge in [-0.1, -0.05) is 0 Å². The van der Waals surface area contributed by atoms with Crippen LogP contribution in [-0.4, -0.2) is 49.7 Å². The van der Waals surface area contributed by atoms with Gasteiger partial charge in [-0.2, -0.15) is 0 Å². The fourth-order valence-electron chi connectivity index (χ4n) is 2.48. The lowest BCUT2D eigenvalue weighted by atomic mass is 10.1. The number of carbonyl (C=O) groups is 1. The molecule has 0 aromatic heterocycles. The molecule has 22 heavy (non-hydrogen) atoms. The molecular formula is C16H25ClN2O3. The zero-order valence-corrected chi connectivity index (χ0v) is 14.2. The molecule has 6 heteroatoms. The van der Waals surface area contributed by atoms with Crippen molar-refractivity contribution in [2.75, 3.05) is 32.8 Å². The number of halogens is 1. The number of carbonyl (C=O) groups excluding carboxylic acids is 1. The SMILES string of the molecule is CCOc1ccc(C(=O)N2CCN[C@@H](C)C2)cc1OCC.Cl. The molecular weight excluding hydrogens is 304 g/mol. The number of ether oxygens (including phenoxy) is 2. The summed E-state index contributed by atoms with van der Waals surface area (Å²) in [4.78, 5) is 14.5. The van der Waals surface area contributed by atoms with E-state index in [4.69, 9.17) is 9.47 Å². The highest BCUT2D eigenvalue weighted by Gasteiger charge is 2.22. The van der Waals surface area contributed by atoms with E-state index in [0.717, 1.165) is 19.6 Å². The fraction of sp³-hybridized carbons (Fsp3) is 0.562. The number of nitrogens with zero attached hydrogens (tertiary/aromatic N) is 1. The van der Waals surface area contributed by atoms with Gasteiger partial charge in [-0.25, -0.2) is 0 Å². The van der Waals surface area contributed by atoms with E-state index in [-0.39, 0.29) is 18.3 Å². The van der Waals surface area contributed by atoms with E-state index in [1.54, 1.807) is 6.07 Å². The summed E-state index contributed by atoms with van der Waals surface area (Å²) in [5.41, 5.74) is 0.649. The van der Waals surface area contributed by atoms with Crippen LogP contribution in [0.5, 0.6) is 11.5 Å². The minimum atomic E-state index is 0. The Balaban J connectivity index is 0.00000242. The van der Waals surface area contributed by atoms with Gasteiger partial charge < -0.3 is 19.7 Å². The van der Waals surface area contributed by atoms with Crippen LogP contribution in [0, 0.1) is 0 Å². The van der Waals surface area contributed by atoms with Crippen LogP contribution in [0.25, 0.3) is 0 Å². The normalized spacial score (nSPS) is 17.6. The van der Waals surface area contributed by atoms with Crippen molar-refractivity contribution in [3.05, 3.63) is 23.8 Å². The van der Waals surface area contributed by atoms with E-state index < -0.39 is 0 Å². The Morgan fingerprint density at radius 2 is 1.95 bits per heavy atom. The Labute approximate surface area is 138 Å². The van der Waals surface area contributed by atoms with Gasteiger partial charge in [0.05, 0.1) is 13.2 Å². The van der Waals surface area contributed by atoms with Crippen molar-refractivity contribution in [2.24, 2.45) is 0 Å². The molecule has 1 fully saturated rings. The Morgan fingerprint density at radius 3 is 2.59 bits per heavy atom. The Hall–Kier alpha value is -1.46. The smallest absolute Gasteiger partial charge is 0.254 e. The molecule has 1 aromatic rings. The van der Waals surface area contributed by atoms with E-state index >= 15 is 0 Å². The van der Waals surface area contributed by atoms with Crippen LogP contribution in [0.1, 0.15) is 31.1 Å². The van der Waals surface area contributed by atoms with Crippen molar-refractivity contribution in [3.8, 4) is 11.5 Å². The van der Waals surface area contributed by atoms with Crippen LogP contribution in [0.3, 0.4) is 0 Å². The molecule has 0 spiro atoms. The van der Waals surface area contributed by atoms with Gasteiger partial charge in [0.15, 0.2) is 11.5 Å². The summed E-state index contributed by atoms with van der Waals surface area (Å²) in [6.07, 6.45) is 0. The number of nitrogens with one attached hydrogen (secondary N) is 1. The van der Waals surface area contributed by atoms with Crippen molar-refractivity contribution >= 4 is 18.3 Å². The van der Waals surface area contributed by atoms with Crippen molar-refractivity contribution < 1.29 is 14.3 Å². The summed E-state index contributed by atoms with van der Waals surface area (Å²) >= 11 is 0. The topological polar surface area (TPSA) is 50.8 Å². The molecule has 1 N–H and O–H groups in total. The number of amides is 1. The van der Waals surface area contributed by atoms with E-state index in [9.17, 15) is 4.79 Å². The molecule has 1 aliphatic rings. The van der Waals surface area contributed by atoms with Gasteiger partial charge in [0.1, 0.15) is 0 Å². The zero-order chi connectivity index (χ0) is 15.2. The zero-order valence-electron chi connectivity index (χ0n) is 13.4. The molecule has 1 aromatic carbocycles. The van der Waals surface area contributed by atoms with Gasteiger partial charge in [-0.3, -0.25) is 4.79 Å². The average molecular weight is 329 g/mol. The second kappa shape index (κ2) is 8.86. The van der Waals surface area contributed by atoms with Crippen LogP contribution >= 0.6 is 12.4 Å². The lowest BCUT2D eigenvalue weighted by Gasteiger charge is -2.32. The molecule has 0 radical (unpaired) electrons. The Bertz CT molecular complexity index is 496. The first-order valence-corrected chi connectivity index (χ1v) is 7.58. The lowest BCUT2D eigenvalue weighted by molar-refractivity contribution is 0.0708. The fourth-order valence-corrected chi connectivity index (χ4v) is 2.48. The molecule has 0 bridgehead atoms. The predicted molar refractivity (Wildman–Crippen MR) is 89.4 cm³/mol. The first-order valence-electron chi connectivity index (χ1n) is 7.58. The third-order valence-corrected chi connectivity index (χ3v) is 3.45. The van der Waals surface area contributed by atoms with Crippen LogP contribution < -0.4 is 14.8 Å². The van der Waals surface area contributed by atoms with Crippen LogP contribution in [0.15, 0.2) is 18.2 Å². The third-order valence-electron chi connectivity index (χ3n) is 3.45.